The lowest BCUT2D eigenvalue weighted by atomic mass is 10.1. The normalized spacial score (nSPS) is 16.2. The first-order valence-electron chi connectivity index (χ1n) is 22.3. The van der Waals surface area contributed by atoms with Gasteiger partial charge in [-0.2, -0.15) is 4.57 Å². The maximum Gasteiger partial charge on any atom is 0.205 e. The summed E-state index contributed by atoms with van der Waals surface area (Å²) in [6.07, 6.45) is 28.8. The van der Waals surface area contributed by atoms with E-state index in [0.717, 1.165) is 39.3 Å². The van der Waals surface area contributed by atoms with Gasteiger partial charge in [0.1, 0.15) is 13.1 Å². The predicted octanol–water partition coefficient (Wildman–Crippen LogP) is 9.15. The summed E-state index contributed by atoms with van der Waals surface area (Å²) >= 11 is 0. The van der Waals surface area contributed by atoms with Crippen molar-refractivity contribution in [2.24, 2.45) is 0 Å². The van der Waals surface area contributed by atoms with Gasteiger partial charge in [0.25, 0.3) is 0 Å². The quantitative estimate of drug-likeness (QED) is 0.0380. The van der Waals surface area contributed by atoms with E-state index in [-0.39, 0.29) is 0 Å². The van der Waals surface area contributed by atoms with E-state index in [4.69, 9.17) is 0 Å². The summed E-state index contributed by atoms with van der Waals surface area (Å²) in [7, 11) is 4.19. The van der Waals surface area contributed by atoms with Crippen molar-refractivity contribution in [3.63, 3.8) is 0 Å². The number of aromatic nitrogens is 1. The molecule has 0 aliphatic carbocycles. The van der Waals surface area contributed by atoms with Crippen LogP contribution in [0.4, 0.5) is 11.4 Å². The van der Waals surface area contributed by atoms with Gasteiger partial charge in [0.2, 0.25) is 5.69 Å². The van der Waals surface area contributed by atoms with Crippen molar-refractivity contribution in [1.29, 1.82) is 0 Å². The van der Waals surface area contributed by atoms with Crippen LogP contribution >= 0.6 is 21.6 Å². The Morgan fingerprint density at radius 1 is 0.569 bits per heavy atom. The van der Waals surface area contributed by atoms with Crippen LogP contribution in [0.25, 0.3) is 18.2 Å². The summed E-state index contributed by atoms with van der Waals surface area (Å²) < 4.78 is 2.27. The molecule has 8 heteroatoms. The lowest BCUT2D eigenvalue weighted by Crippen LogP contribution is -2.67. The number of hydrogen-bond acceptors (Lipinski definition) is 6. The predicted molar refractivity (Wildman–Crippen MR) is 260 cm³/mol. The van der Waals surface area contributed by atoms with Gasteiger partial charge in [-0.1, -0.05) is 90.1 Å². The molecule has 1 aromatic heterocycles. The summed E-state index contributed by atoms with van der Waals surface area (Å²) in [5.41, 5.74) is 6.44. The molecule has 5 rings (SSSR count). The third-order valence-corrected chi connectivity index (χ3v) is 13.2. The molecule has 2 saturated heterocycles. The fourth-order valence-corrected chi connectivity index (χ4v) is 9.61. The summed E-state index contributed by atoms with van der Waals surface area (Å²) in [5.74, 6) is 2.55. The van der Waals surface area contributed by atoms with Crippen LogP contribution in [0.1, 0.15) is 83.0 Å². The molecule has 0 atom stereocenters. The molecule has 0 spiro atoms. The molecular formula is C50H74N6S2+2. The molecule has 0 amide bonds. The third-order valence-electron chi connectivity index (χ3n) is 10.6. The number of benzene rings is 2. The zero-order valence-corrected chi connectivity index (χ0v) is 38.0. The van der Waals surface area contributed by atoms with Crippen LogP contribution in [0.5, 0.6) is 0 Å². The Morgan fingerprint density at radius 3 is 1.69 bits per heavy atom. The first kappa shape index (κ1) is 47.1. The Hall–Kier alpha value is -3.56. The summed E-state index contributed by atoms with van der Waals surface area (Å²) in [6, 6.07) is 24.6. The number of rotatable bonds is 21. The van der Waals surface area contributed by atoms with E-state index in [9.17, 15) is 0 Å². The zero-order chi connectivity index (χ0) is 40.9. The van der Waals surface area contributed by atoms with Crippen LogP contribution in [0.2, 0.25) is 0 Å². The molecule has 2 fully saturated rings. The molecular weight excluding hydrogens is 749 g/mol. The number of nitrogens with one attached hydrogen (secondary N) is 1. The molecule has 58 heavy (non-hydrogen) atoms. The zero-order valence-electron chi connectivity index (χ0n) is 36.3. The highest BCUT2D eigenvalue weighted by Crippen LogP contribution is 2.25. The van der Waals surface area contributed by atoms with Gasteiger partial charge in [0.05, 0.1) is 0 Å². The topological polar surface area (TPSA) is 30.8 Å². The first-order valence-corrected chi connectivity index (χ1v) is 24.8. The van der Waals surface area contributed by atoms with Crippen molar-refractivity contribution in [2.75, 3.05) is 93.3 Å². The summed E-state index contributed by atoms with van der Waals surface area (Å²) in [4.78, 5) is 13.7. The van der Waals surface area contributed by atoms with Crippen molar-refractivity contribution >= 4 is 57.4 Å². The van der Waals surface area contributed by atoms with E-state index < -0.39 is 0 Å². The van der Waals surface area contributed by atoms with Gasteiger partial charge in [-0.3, -0.25) is 0 Å². The molecule has 314 valence electrons. The Morgan fingerprint density at radius 2 is 1.12 bits per heavy atom. The van der Waals surface area contributed by atoms with Gasteiger partial charge < -0.3 is 19.6 Å². The van der Waals surface area contributed by atoms with E-state index in [1.54, 1.807) is 0 Å². The minimum absolute atomic E-state index is 0.951. The molecule has 2 aromatic carbocycles. The average Bonchev–Trinajstić information content (AvgIpc) is 3.67. The second-order valence-electron chi connectivity index (χ2n) is 14.7. The van der Waals surface area contributed by atoms with E-state index in [2.05, 4.69) is 174 Å². The van der Waals surface area contributed by atoms with Crippen LogP contribution in [-0.2, 0) is 6.54 Å². The molecule has 2 aliphatic rings. The van der Waals surface area contributed by atoms with Crippen LogP contribution in [0.15, 0.2) is 103 Å². The van der Waals surface area contributed by atoms with Crippen LogP contribution in [0.3, 0.4) is 0 Å². The smallest absolute Gasteiger partial charge is 0.205 e. The highest BCUT2D eigenvalue weighted by molar-refractivity contribution is 8.76. The molecule has 0 bridgehead atoms. The van der Waals surface area contributed by atoms with Crippen LogP contribution < -0.4 is 19.4 Å². The lowest BCUT2D eigenvalue weighted by Gasteiger charge is -2.24. The minimum atomic E-state index is 0.951. The Balaban J connectivity index is 0.00000366. The van der Waals surface area contributed by atoms with E-state index in [0.29, 0.717) is 0 Å². The summed E-state index contributed by atoms with van der Waals surface area (Å²) in [5, 5.41) is 0. The fourth-order valence-electron chi connectivity index (χ4n) is 7.32. The van der Waals surface area contributed by atoms with E-state index in [1.165, 1.54) is 117 Å². The Labute approximate surface area is 361 Å². The maximum absolute atomic E-state index is 3.17. The molecule has 1 N–H and O–H groups in total. The minimum Gasteiger partial charge on any atom is -0.370 e. The number of pyridine rings is 1. The molecule has 0 saturated carbocycles. The number of anilines is 2. The Bertz CT molecular complexity index is 1670. The molecule has 0 unspecified atom stereocenters. The lowest BCUT2D eigenvalue weighted by molar-refractivity contribution is -0.695. The van der Waals surface area contributed by atoms with E-state index in [1.807, 2.05) is 32.2 Å². The van der Waals surface area contributed by atoms with Gasteiger partial charge in [-0.05, 0) is 126 Å². The average molecular weight is 823 g/mol. The SMILES string of the molecule is CC.CC[NH+]=C\C=C/C=C/C=C/c1ccc(N2CCCN(CCCCSSCCCCN3CCCN(c4ccc(/C=C/c5cccc[n+]5CC)cc4)CC3)CC2)cc1. The third kappa shape index (κ3) is 18.1. The highest BCUT2D eigenvalue weighted by atomic mass is 33.1. The van der Waals surface area contributed by atoms with Crippen molar-refractivity contribution < 1.29 is 9.56 Å². The summed E-state index contributed by atoms with van der Waals surface area (Å²) in [6.45, 7) is 22.0. The number of hydrogen-bond donors (Lipinski definition) is 1. The molecule has 3 aromatic rings. The molecule has 2 aliphatic heterocycles. The van der Waals surface area contributed by atoms with Gasteiger partial charge >= 0.3 is 0 Å². The van der Waals surface area contributed by atoms with Crippen molar-refractivity contribution in [2.45, 2.75) is 72.8 Å². The Kier molecular flexibility index (Phi) is 24.1. The van der Waals surface area contributed by atoms with Crippen molar-refractivity contribution in [3.8, 4) is 0 Å². The number of allylic oxidation sites excluding steroid dienone is 5. The molecule has 6 nitrogen and oxygen atoms in total. The second kappa shape index (κ2) is 29.6. The van der Waals surface area contributed by atoms with Crippen LogP contribution in [0, 0.1) is 0 Å². The number of nitrogens with zero attached hydrogens (tertiary/aromatic N) is 5. The maximum atomic E-state index is 3.17. The monoisotopic (exact) mass is 823 g/mol. The van der Waals surface area contributed by atoms with Gasteiger partial charge in [0, 0.05) is 86.4 Å². The van der Waals surface area contributed by atoms with Crippen molar-refractivity contribution in [1.82, 2.24) is 9.80 Å². The van der Waals surface area contributed by atoms with Gasteiger partial charge in [0.15, 0.2) is 12.4 Å². The van der Waals surface area contributed by atoms with E-state index >= 15 is 0 Å². The largest absolute Gasteiger partial charge is 0.370 e. The number of aryl methyl sites for hydroxylation is 1. The highest BCUT2D eigenvalue weighted by Gasteiger charge is 2.16. The molecule has 0 radical (unpaired) electrons. The van der Waals surface area contributed by atoms with Gasteiger partial charge in [-0.15, -0.1) is 0 Å². The number of unbranched alkanes of at least 4 members (excludes halogenated alkanes) is 2. The second-order valence-corrected chi connectivity index (χ2v) is 17.4. The van der Waals surface area contributed by atoms with Crippen LogP contribution in [-0.4, -0.2) is 99.5 Å². The standard InChI is InChI=1S/C48H67N6S2.C2H6/c1-3-49-30-10-7-5-6-8-18-44-20-26-47(27-21-44)53-36-16-33-50(38-40-53)31-12-14-42-55-56-43-15-13-32-51-34-17-37-54(41-39-51)48-28-23-45(24-29-48)22-25-46-19-9-11-35-52(46)4-2;1-2/h5-11,18-30,35H,3-4,12-17,31-34,36-43H2,1-2H3;1-2H3/q+1;/p+1/b6-5+,10-7-,18-8+,49-30?;. The fraction of sp³-hybridized carbons (Fsp3) is 0.480. The van der Waals surface area contributed by atoms with Crippen molar-refractivity contribution in [3.05, 3.63) is 120 Å². The molecule has 3 heterocycles. The van der Waals surface area contributed by atoms with Gasteiger partial charge in [-0.25, -0.2) is 4.99 Å². The first-order chi connectivity index (χ1) is 28.7.